The second-order valence-electron chi connectivity index (χ2n) is 6.31. The molecule has 1 aliphatic rings. The molecule has 2 rings (SSSR count). The Morgan fingerprint density at radius 2 is 2.00 bits per heavy atom. The zero-order valence-electron chi connectivity index (χ0n) is 12.7. The Balaban J connectivity index is 2.40. The lowest BCUT2D eigenvalue weighted by Crippen LogP contribution is -2.37. The Labute approximate surface area is 121 Å². The van der Waals surface area contributed by atoms with Gasteiger partial charge in [-0.25, -0.2) is 4.79 Å². The monoisotopic (exact) mass is 275 g/mol. The first-order valence-corrected chi connectivity index (χ1v) is 7.59. The van der Waals surface area contributed by atoms with Crippen molar-refractivity contribution < 1.29 is 9.90 Å². The standard InChI is InChI=1S/C17H25NO2/c1-12(2)11-18(14-6-4-5-7-14)16-10-13(3)8-9-15(16)17(19)20/h8-10,12,14H,4-7,11H2,1-3H3,(H,19,20). The highest BCUT2D eigenvalue weighted by Gasteiger charge is 2.26. The van der Waals surface area contributed by atoms with Gasteiger partial charge in [0, 0.05) is 12.6 Å². The van der Waals surface area contributed by atoms with Gasteiger partial charge in [-0.15, -0.1) is 0 Å². The van der Waals surface area contributed by atoms with Gasteiger partial charge in [-0.3, -0.25) is 0 Å². The third kappa shape index (κ3) is 3.33. The molecule has 0 aliphatic heterocycles. The number of rotatable bonds is 5. The molecule has 1 N–H and O–H groups in total. The van der Waals surface area contributed by atoms with Crippen LogP contribution >= 0.6 is 0 Å². The maximum absolute atomic E-state index is 11.5. The number of nitrogens with zero attached hydrogens (tertiary/aromatic N) is 1. The SMILES string of the molecule is Cc1ccc(C(=O)O)c(N(CC(C)C)C2CCCC2)c1. The highest BCUT2D eigenvalue weighted by atomic mass is 16.4. The molecule has 0 saturated heterocycles. The van der Waals surface area contributed by atoms with E-state index in [1.165, 1.54) is 25.7 Å². The molecule has 0 heterocycles. The van der Waals surface area contributed by atoms with Crippen molar-refractivity contribution in [1.82, 2.24) is 0 Å². The maximum atomic E-state index is 11.5. The minimum Gasteiger partial charge on any atom is -0.478 e. The van der Waals surface area contributed by atoms with Gasteiger partial charge in [0.2, 0.25) is 0 Å². The highest BCUT2D eigenvalue weighted by Crippen LogP contribution is 2.32. The fourth-order valence-corrected chi connectivity index (χ4v) is 3.11. The number of benzene rings is 1. The Bertz CT molecular complexity index is 476. The van der Waals surface area contributed by atoms with Crippen LogP contribution in [-0.4, -0.2) is 23.7 Å². The van der Waals surface area contributed by atoms with Crippen molar-refractivity contribution in [1.29, 1.82) is 0 Å². The average Bonchev–Trinajstić information content (AvgIpc) is 2.88. The van der Waals surface area contributed by atoms with E-state index >= 15 is 0 Å². The van der Waals surface area contributed by atoms with E-state index in [1.54, 1.807) is 6.07 Å². The van der Waals surface area contributed by atoms with E-state index in [4.69, 9.17) is 0 Å². The van der Waals surface area contributed by atoms with Crippen LogP contribution in [0.25, 0.3) is 0 Å². The Morgan fingerprint density at radius 3 is 2.55 bits per heavy atom. The molecule has 1 fully saturated rings. The number of anilines is 1. The van der Waals surface area contributed by atoms with Crippen LogP contribution in [0.2, 0.25) is 0 Å². The Hall–Kier alpha value is -1.51. The van der Waals surface area contributed by atoms with Crippen LogP contribution in [0, 0.1) is 12.8 Å². The summed E-state index contributed by atoms with van der Waals surface area (Å²) in [7, 11) is 0. The molecule has 0 unspecified atom stereocenters. The molecule has 20 heavy (non-hydrogen) atoms. The minimum atomic E-state index is -0.827. The topological polar surface area (TPSA) is 40.5 Å². The van der Waals surface area contributed by atoms with Gasteiger partial charge in [-0.2, -0.15) is 0 Å². The molecule has 1 aliphatic carbocycles. The first-order valence-electron chi connectivity index (χ1n) is 7.59. The quantitative estimate of drug-likeness (QED) is 0.879. The molecular formula is C17H25NO2. The summed E-state index contributed by atoms with van der Waals surface area (Å²) in [6.45, 7) is 7.34. The van der Waals surface area contributed by atoms with E-state index in [-0.39, 0.29) is 0 Å². The summed E-state index contributed by atoms with van der Waals surface area (Å²) in [5.74, 6) is -0.301. The van der Waals surface area contributed by atoms with Crippen LogP contribution in [0.5, 0.6) is 0 Å². The molecule has 0 spiro atoms. The van der Waals surface area contributed by atoms with Gasteiger partial charge in [0.15, 0.2) is 0 Å². The summed E-state index contributed by atoms with van der Waals surface area (Å²) in [5.41, 5.74) is 2.46. The molecular weight excluding hydrogens is 250 g/mol. The van der Waals surface area contributed by atoms with Crippen molar-refractivity contribution in [3.63, 3.8) is 0 Å². The third-order valence-electron chi connectivity index (χ3n) is 4.02. The second kappa shape index (κ2) is 6.29. The predicted octanol–water partition coefficient (Wildman–Crippen LogP) is 4.10. The van der Waals surface area contributed by atoms with E-state index in [2.05, 4.69) is 18.7 Å². The largest absolute Gasteiger partial charge is 0.478 e. The van der Waals surface area contributed by atoms with Gasteiger partial charge in [-0.05, 0) is 43.4 Å². The summed E-state index contributed by atoms with van der Waals surface area (Å²) >= 11 is 0. The number of aryl methyl sites for hydroxylation is 1. The van der Waals surface area contributed by atoms with Crippen LogP contribution < -0.4 is 4.90 Å². The fourth-order valence-electron chi connectivity index (χ4n) is 3.11. The van der Waals surface area contributed by atoms with Crippen molar-refractivity contribution in [3.05, 3.63) is 29.3 Å². The lowest BCUT2D eigenvalue weighted by molar-refractivity contribution is 0.0697. The van der Waals surface area contributed by atoms with Crippen LogP contribution in [0.4, 0.5) is 5.69 Å². The van der Waals surface area contributed by atoms with E-state index in [0.717, 1.165) is 17.8 Å². The molecule has 1 aromatic carbocycles. The second-order valence-corrected chi connectivity index (χ2v) is 6.31. The molecule has 0 atom stereocenters. The van der Waals surface area contributed by atoms with Crippen LogP contribution in [0.15, 0.2) is 18.2 Å². The van der Waals surface area contributed by atoms with Gasteiger partial charge < -0.3 is 10.0 Å². The van der Waals surface area contributed by atoms with E-state index < -0.39 is 5.97 Å². The number of carbonyl (C=O) groups is 1. The minimum absolute atomic E-state index is 0.433. The first kappa shape index (κ1) is 14.9. The summed E-state index contributed by atoms with van der Waals surface area (Å²) in [5, 5.41) is 9.46. The van der Waals surface area contributed by atoms with Crippen molar-refractivity contribution in [3.8, 4) is 0 Å². The van der Waals surface area contributed by atoms with Crippen LogP contribution in [-0.2, 0) is 0 Å². The smallest absolute Gasteiger partial charge is 0.337 e. The predicted molar refractivity (Wildman–Crippen MR) is 82.6 cm³/mol. The molecule has 3 nitrogen and oxygen atoms in total. The number of hydrogen-bond donors (Lipinski definition) is 1. The molecule has 0 radical (unpaired) electrons. The number of carboxylic acid groups (broad SMARTS) is 1. The number of carboxylic acids is 1. The number of hydrogen-bond acceptors (Lipinski definition) is 2. The van der Waals surface area contributed by atoms with Gasteiger partial charge in [0.25, 0.3) is 0 Å². The molecule has 0 amide bonds. The van der Waals surface area contributed by atoms with Gasteiger partial charge >= 0.3 is 5.97 Å². The Kier molecular flexibility index (Phi) is 4.69. The first-order chi connectivity index (χ1) is 9.49. The van der Waals surface area contributed by atoms with Gasteiger partial charge in [-0.1, -0.05) is 32.8 Å². The molecule has 3 heteroatoms. The van der Waals surface area contributed by atoms with E-state index in [0.29, 0.717) is 17.5 Å². The van der Waals surface area contributed by atoms with Crippen LogP contribution in [0.3, 0.4) is 0 Å². The van der Waals surface area contributed by atoms with E-state index in [1.807, 2.05) is 19.1 Å². The van der Waals surface area contributed by atoms with E-state index in [9.17, 15) is 9.90 Å². The summed E-state index contributed by atoms with van der Waals surface area (Å²) < 4.78 is 0. The zero-order valence-corrected chi connectivity index (χ0v) is 12.7. The lowest BCUT2D eigenvalue weighted by atomic mass is 10.0. The van der Waals surface area contributed by atoms with Gasteiger partial charge in [0.1, 0.15) is 0 Å². The summed E-state index contributed by atoms with van der Waals surface area (Å²) in [6, 6.07) is 6.16. The van der Waals surface area contributed by atoms with Crippen molar-refractivity contribution in [2.75, 3.05) is 11.4 Å². The van der Waals surface area contributed by atoms with Crippen LogP contribution in [0.1, 0.15) is 55.5 Å². The Morgan fingerprint density at radius 1 is 1.35 bits per heavy atom. The molecule has 1 saturated carbocycles. The molecule has 1 aromatic rings. The fraction of sp³-hybridized carbons (Fsp3) is 0.588. The number of aromatic carboxylic acids is 1. The molecule has 0 bridgehead atoms. The van der Waals surface area contributed by atoms with Crippen molar-refractivity contribution >= 4 is 11.7 Å². The average molecular weight is 275 g/mol. The molecule has 0 aromatic heterocycles. The van der Waals surface area contributed by atoms with Crippen molar-refractivity contribution in [2.24, 2.45) is 5.92 Å². The summed E-state index contributed by atoms with van der Waals surface area (Å²) in [6.07, 6.45) is 4.88. The normalized spacial score (nSPS) is 15.8. The molecule has 110 valence electrons. The summed E-state index contributed by atoms with van der Waals surface area (Å²) in [4.78, 5) is 13.9. The maximum Gasteiger partial charge on any atom is 0.337 e. The third-order valence-corrected chi connectivity index (χ3v) is 4.02. The zero-order chi connectivity index (χ0) is 14.7. The lowest BCUT2D eigenvalue weighted by Gasteiger charge is -2.34. The highest BCUT2D eigenvalue weighted by molar-refractivity contribution is 5.94. The van der Waals surface area contributed by atoms with Crippen molar-refractivity contribution in [2.45, 2.75) is 52.5 Å². The van der Waals surface area contributed by atoms with Gasteiger partial charge in [0.05, 0.1) is 11.3 Å².